The first-order valence-corrected chi connectivity index (χ1v) is 24.8. The summed E-state index contributed by atoms with van der Waals surface area (Å²) in [6.07, 6.45) is 61.1. The first-order valence-electron chi connectivity index (χ1n) is 24.8. The maximum atomic E-state index is 2.94. The van der Waals surface area contributed by atoms with Gasteiger partial charge in [0.05, 0.1) is 0 Å². The van der Waals surface area contributed by atoms with E-state index >= 15 is 0 Å². The van der Waals surface area contributed by atoms with Crippen molar-refractivity contribution < 1.29 is 0 Å². The van der Waals surface area contributed by atoms with Gasteiger partial charge < -0.3 is 0 Å². The summed E-state index contributed by atoms with van der Waals surface area (Å²) in [5, 5.41) is 0. The number of rotatable bonds is 45. The highest BCUT2D eigenvalue weighted by atomic mass is 15.2. The van der Waals surface area contributed by atoms with Crippen molar-refractivity contribution in [3.8, 4) is 0 Å². The van der Waals surface area contributed by atoms with E-state index in [9.17, 15) is 0 Å². The van der Waals surface area contributed by atoms with Gasteiger partial charge in [0.15, 0.2) is 0 Å². The second kappa shape index (κ2) is 42.7. The van der Waals surface area contributed by atoms with Crippen molar-refractivity contribution in [2.24, 2.45) is 0 Å². The largest absolute Gasteiger partial charge is 0.298 e. The molecular formula is C50H103N. The van der Waals surface area contributed by atoms with Crippen molar-refractivity contribution in [1.82, 2.24) is 4.90 Å². The molecule has 0 unspecified atom stereocenters. The van der Waals surface area contributed by atoms with Crippen LogP contribution < -0.4 is 0 Å². The third kappa shape index (κ3) is 39.5. The quantitative estimate of drug-likeness (QED) is 0.0567. The molecule has 0 aromatic carbocycles. The van der Waals surface area contributed by atoms with Crippen LogP contribution in [0.1, 0.15) is 304 Å². The van der Waals surface area contributed by atoms with E-state index in [1.807, 2.05) is 0 Å². The zero-order valence-corrected chi connectivity index (χ0v) is 37.1. The average molecular weight is 718 g/mol. The molecule has 0 aliphatic carbocycles. The molecule has 0 atom stereocenters. The van der Waals surface area contributed by atoms with Crippen LogP contribution in [0.2, 0.25) is 0 Å². The molecule has 1 heteroatoms. The topological polar surface area (TPSA) is 3.24 Å². The summed E-state index contributed by atoms with van der Waals surface area (Å²) in [5.41, 5.74) is 0.366. The van der Waals surface area contributed by atoms with Gasteiger partial charge in [0.2, 0.25) is 0 Å². The number of hydrogen-bond donors (Lipinski definition) is 0. The van der Waals surface area contributed by atoms with Crippen LogP contribution in [0.15, 0.2) is 0 Å². The van der Waals surface area contributed by atoms with E-state index in [0.29, 0.717) is 5.54 Å². The molecule has 0 aliphatic rings. The molecule has 0 radical (unpaired) electrons. The highest BCUT2D eigenvalue weighted by Gasteiger charge is 2.25. The molecule has 0 saturated carbocycles. The van der Waals surface area contributed by atoms with Gasteiger partial charge in [-0.25, -0.2) is 0 Å². The molecule has 0 N–H and O–H groups in total. The van der Waals surface area contributed by atoms with Gasteiger partial charge in [-0.2, -0.15) is 0 Å². The summed E-state index contributed by atoms with van der Waals surface area (Å²) in [7, 11) is 0. The maximum Gasteiger partial charge on any atom is 0.0153 e. The molecule has 308 valence electrons. The summed E-state index contributed by atoms with van der Waals surface area (Å²) in [4.78, 5) is 2.94. The minimum Gasteiger partial charge on any atom is -0.298 e. The molecule has 0 bridgehead atoms. The predicted octanol–water partition coefficient (Wildman–Crippen LogP) is 18.5. The SMILES string of the molecule is CCCCCCCCCCCCCCCCN(CCCCCCCCCCCCCCCC)C(C)(C)CCCCCCCCCCCCCCC. The summed E-state index contributed by atoms with van der Waals surface area (Å²) in [5.74, 6) is 0. The van der Waals surface area contributed by atoms with Crippen molar-refractivity contribution in [2.75, 3.05) is 13.1 Å². The number of unbranched alkanes of at least 4 members (excludes halogenated alkanes) is 38. The Morgan fingerprint density at radius 3 is 0.627 bits per heavy atom. The van der Waals surface area contributed by atoms with Gasteiger partial charge in [0.1, 0.15) is 0 Å². The highest BCUT2D eigenvalue weighted by molar-refractivity contribution is 4.81. The van der Waals surface area contributed by atoms with E-state index in [2.05, 4.69) is 39.5 Å². The molecule has 0 rings (SSSR count). The van der Waals surface area contributed by atoms with Crippen LogP contribution in [0.25, 0.3) is 0 Å². The molecule has 0 aliphatic heterocycles. The fraction of sp³-hybridized carbons (Fsp3) is 1.00. The van der Waals surface area contributed by atoms with Crippen LogP contribution in [0, 0.1) is 0 Å². The lowest BCUT2D eigenvalue weighted by molar-refractivity contribution is 0.102. The van der Waals surface area contributed by atoms with E-state index in [-0.39, 0.29) is 0 Å². The summed E-state index contributed by atoms with van der Waals surface area (Å²) in [6, 6.07) is 0. The first kappa shape index (κ1) is 51.0. The Kier molecular flexibility index (Phi) is 42.7. The minimum atomic E-state index is 0.366. The lowest BCUT2D eigenvalue weighted by Crippen LogP contribution is -2.45. The van der Waals surface area contributed by atoms with E-state index in [4.69, 9.17) is 0 Å². The lowest BCUT2D eigenvalue weighted by Gasteiger charge is -2.39. The van der Waals surface area contributed by atoms with E-state index < -0.39 is 0 Å². The number of nitrogens with zero attached hydrogens (tertiary/aromatic N) is 1. The molecule has 51 heavy (non-hydrogen) atoms. The van der Waals surface area contributed by atoms with Gasteiger partial charge in [0.25, 0.3) is 0 Å². The summed E-state index contributed by atoms with van der Waals surface area (Å²) < 4.78 is 0. The van der Waals surface area contributed by atoms with E-state index in [1.165, 1.54) is 283 Å². The van der Waals surface area contributed by atoms with Gasteiger partial charge in [-0.1, -0.05) is 271 Å². The Hall–Kier alpha value is -0.0400. The zero-order chi connectivity index (χ0) is 37.2. The zero-order valence-electron chi connectivity index (χ0n) is 37.1. The van der Waals surface area contributed by atoms with Crippen molar-refractivity contribution in [1.29, 1.82) is 0 Å². The van der Waals surface area contributed by atoms with Gasteiger partial charge >= 0.3 is 0 Å². The van der Waals surface area contributed by atoms with Crippen LogP contribution >= 0.6 is 0 Å². The molecule has 0 saturated heterocycles. The highest BCUT2D eigenvalue weighted by Crippen LogP contribution is 2.25. The normalized spacial score (nSPS) is 12.1. The molecule has 0 aromatic heterocycles. The standard InChI is InChI=1S/C50H103N/c1-6-9-12-15-18-21-24-27-30-33-36-39-42-45-48-51(49-46-43-40-37-34-31-28-25-22-19-16-13-10-7-2)50(4,5)47-44-41-38-35-32-29-26-23-20-17-14-11-8-3/h6-49H2,1-5H3. The van der Waals surface area contributed by atoms with Crippen LogP contribution in [0.4, 0.5) is 0 Å². The van der Waals surface area contributed by atoms with E-state index in [0.717, 1.165) is 0 Å². The second-order valence-electron chi connectivity index (χ2n) is 18.0. The second-order valence-corrected chi connectivity index (χ2v) is 18.0. The van der Waals surface area contributed by atoms with Crippen molar-refractivity contribution in [3.05, 3.63) is 0 Å². The van der Waals surface area contributed by atoms with Gasteiger partial charge in [-0.3, -0.25) is 4.90 Å². The molecule has 0 fully saturated rings. The smallest absolute Gasteiger partial charge is 0.0153 e. The minimum absolute atomic E-state index is 0.366. The van der Waals surface area contributed by atoms with Crippen LogP contribution in [-0.4, -0.2) is 23.5 Å². The molecule has 1 nitrogen and oxygen atoms in total. The van der Waals surface area contributed by atoms with E-state index in [1.54, 1.807) is 0 Å². The average Bonchev–Trinajstić information content (AvgIpc) is 3.12. The summed E-state index contributed by atoms with van der Waals surface area (Å²) in [6.45, 7) is 14.8. The Balaban J connectivity index is 4.21. The molecule has 0 heterocycles. The monoisotopic (exact) mass is 718 g/mol. The van der Waals surface area contributed by atoms with Crippen LogP contribution in [0.5, 0.6) is 0 Å². The third-order valence-corrected chi connectivity index (χ3v) is 12.3. The molecule has 0 spiro atoms. The first-order chi connectivity index (χ1) is 25.1. The van der Waals surface area contributed by atoms with Crippen molar-refractivity contribution in [3.63, 3.8) is 0 Å². The fourth-order valence-corrected chi connectivity index (χ4v) is 8.45. The van der Waals surface area contributed by atoms with Gasteiger partial charge in [-0.05, 0) is 46.2 Å². The van der Waals surface area contributed by atoms with Crippen molar-refractivity contribution in [2.45, 2.75) is 310 Å². The Bertz CT molecular complexity index is 578. The van der Waals surface area contributed by atoms with Gasteiger partial charge in [-0.15, -0.1) is 0 Å². The summed E-state index contributed by atoms with van der Waals surface area (Å²) >= 11 is 0. The van der Waals surface area contributed by atoms with Crippen LogP contribution in [-0.2, 0) is 0 Å². The lowest BCUT2D eigenvalue weighted by atomic mass is 9.92. The fourth-order valence-electron chi connectivity index (χ4n) is 8.45. The predicted molar refractivity (Wildman–Crippen MR) is 237 cm³/mol. The number of hydrogen-bond acceptors (Lipinski definition) is 1. The Morgan fingerprint density at radius 2 is 0.412 bits per heavy atom. The molecular weight excluding hydrogens is 615 g/mol. The molecule has 0 amide bonds. The maximum absolute atomic E-state index is 2.94. The third-order valence-electron chi connectivity index (χ3n) is 12.3. The van der Waals surface area contributed by atoms with Crippen molar-refractivity contribution >= 4 is 0 Å². The van der Waals surface area contributed by atoms with Crippen LogP contribution in [0.3, 0.4) is 0 Å². The Labute approximate surface area is 326 Å². The molecule has 0 aromatic rings. The van der Waals surface area contributed by atoms with Gasteiger partial charge in [0, 0.05) is 5.54 Å². The Morgan fingerprint density at radius 1 is 0.235 bits per heavy atom.